The minimum atomic E-state index is 0. The number of nitrogens with zero attached hydrogens (tertiary/aromatic N) is 4. The van der Waals surface area contributed by atoms with Gasteiger partial charge in [-0.1, -0.05) is 0 Å². The molecule has 2 aliphatic rings. The van der Waals surface area contributed by atoms with Crippen LogP contribution in [0.1, 0.15) is 32.0 Å². The molecule has 0 saturated carbocycles. The van der Waals surface area contributed by atoms with Gasteiger partial charge in [0.2, 0.25) is 0 Å². The Morgan fingerprint density at radius 3 is 3.00 bits per heavy atom. The number of rotatable bonds is 5. The second-order valence-corrected chi connectivity index (χ2v) is 7.71. The van der Waals surface area contributed by atoms with Gasteiger partial charge in [-0.2, -0.15) is 16.9 Å². The molecule has 1 fully saturated rings. The highest BCUT2D eigenvalue weighted by molar-refractivity contribution is 14.0. The summed E-state index contributed by atoms with van der Waals surface area (Å²) in [7, 11) is 0. The molecule has 7 nitrogen and oxygen atoms in total. The molecular formula is C16H29IN6OS. The normalized spacial score (nSPS) is 22.6. The van der Waals surface area contributed by atoms with E-state index in [1.165, 1.54) is 0 Å². The maximum absolute atomic E-state index is 5.52. The van der Waals surface area contributed by atoms with E-state index in [1.54, 1.807) is 6.33 Å². The van der Waals surface area contributed by atoms with Crippen LogP contribution in [0.2, 0.25) is 0 Å². The summed E-state index contributed by atoms with van der Waals surface area (Å²) < 4.78 is 7.73. The lowest BCUT2D eigenvalue weighted by molar-refractivity contribution is 0.0794. The van der Waals surface area contributed by atoms with Crippen LogP contribution in [0.3, 0.4) is 0 Å². The summed E-state index contributed by atoms with van der Waals surface area (Å²) in [5, 5.41) is 11.3. The van der Waals surface area contributed by atoms with Crippen molar-refractivity contribution in [1.82, 2.24) is 25.4 Å². The second-order valence-electron chi connectivity index (χ2n) is 6.43. The lowest BCUT2D eigenvalue weighted by atomic mass is 9.99. The van der Waals surface area contributed by atoms with Crippen molar-refractivity contribution in [2.24, 2.45) is 4.99 Å². The minimum absolute atomic E-state index is 0. The molecule has 0 aromatic carbocycles. The van der Waals surface area contributed by atoms with E-state index in [1.807, 2.05) is 16.4 Å². The molecule has 1 aromatic rings. The van der Waals surface area contributed by atoms with Gasteiger partial charge in [0.15, 0.2) is 5.96 Å². The van der Waals surface area contributed by atoms with Crippen molar-refractivity contribution in [2.45, 2.75) is 49.9 Å². The first-order valence-electron chi connectivity index (χ1n) is 8.79. The molecule has 3 heterocycles. The fourth-order valence-corrected chi connectivity index (χ4v) is 4.03. The van der Waals surface area contributed by atoms with Crippen LogP contribution in [0.4, 0.5) is 0 Å². The highest BCUT2D eigenvalue weighted by Gasteiger charge is 2.31. The Labute approximate surface area is 171 Å². The SMILES string of the molecule is CCNC(=NCC1(SC)CCOCC1)NC1CCc2ncnn2C1.I. The predicted molar refractivity (Wildman–Crippen MR) is 113 cm³/mol. The van der Waals surface area contributed by atoms with Gasteiger partial charge in [0.1, 0.15) is 12.2 Å². The van der Waals surface area contributed by atoms with Gasteiger partial charge in [0, 0.05) is 37.0 Å². The lowest BCUT2D eigenvalue weighted by Crippen LogP contribution is -2.48. The quantitative estimate of drug-likeness (QED) is 0.380. The smallest absolute Gasteiger partial charge is 0.191 e. The van der Waals surface area contributed by atoms with Gasteiger partial charge in [-0.3, -0.25) is 4.99 Å². The molecule has 25 heavy (non-hydrogen) atoms. The fourth-order valence-electron chi connectivity index (χ4n) is 3.26. The van der Waals surface area contributed by atoms with Crippen molar-refractivity contribution in [2.75, 3.05) is 32.6 Å². The van der Waals surface area contributed by atoms with E-state index >= 15 is 0 Å². The molecule has 3 rings (SSSR count). The van der Waals surface area contributed by atoms with Crippen LogP contribution in [0.25, 0.3) is 0 Å². The van der Waals surface area contributed by atoms with E-state index in [9.17, 15) is 0 Å². The molecule has 0 aliphatic carbocycles. The molecule has 142 valence electrons. The van der Waals surface area contributed by atoms with Crippen LogP contribution in [0.15, 0.2) is 11.3 Å². The highest BCUT2D eigenvalue weighted by atomic mass is 127. The molecule has 2 N–H and O–H groups in total. The van der Waals surface area contributed by atoms with Crippen LogP contribution in [-0.2, 0) is 17.7 Å². The summed E-state index contributed by atoms with van der Waals surface area (Å²) in [5.74, 6) is 1.99. The highest BCUT2D eigenvalue weighted by Crippen LogP contribution is 2.34. The average Bonchev–Trinajstić information content (AvgIpc) is 3.08. The van der Waals surface area contributed by atoms with Crippen LogP contribution in [0.5, 0.6) is 0 Å². The first-order valence-corrected chi connectivity index (χ1v) is 10.0. The molecule has 2 aliphatic heterocycles. The summed E-state index contributed by atoms with van der Waals surface area (Å²) >= 11 is 1.93. The van der Waals surface area contributed by atoms with Gasteiger partial charge >= 0.3 is 0 Å². The third-order valence-electron chi connectivity index (χ3n) is 4.85. The lowest BCUT2D eigenvalue weighted by Gasteiger charge is -2.34. The molecule has 1 atom stereocenters. The summed E-state index contributed by atoms with van der Waals surface area (Å²) in [4.78, 5) is 9.18. The molecule has 0 bridgehead atoms. The number of halogens is 1. The largest absolute Gasteiger partial charge is 0.381 e. The number of thioether (sulfide) groups is 1. The van der Waals surface area contributed by atoms with E-state index < -0.39 is 0 Å². The Kier molecular flexibility index (Phi) is 8.27. The zero-order valence-corrected chi connectivity index (χ0v) is 18.2. The van der Waals surface area contributed by atoms with Gasteiger partial charge < -0.3 is 15.4 Å². The molecule has 0 spiro atoms. The molecule has 9 heteroatoms. The van der Waals surface area contributed by atoms with Gasteiger partial charge in [-0.15, -0.1) is 24.0 Å². The summed E-state index contributed by atoms with van der Waals surface area (Å²) in [5.41, 5.74) is 0. The zero-order valence-electron chi connectivity index (χ0n) is 15.0. The van der Waals surface area contributed by atoms with E-state index in [4.69, 9.17) is 9.73 Å². The van der Waals surface area contributed by atoms with Gasteiger partial charge in [0.25, 0.3) is 0 Å². The Hall–Kier alpha value is -0.550. The van der Waals surface area contributed by atoms with Crippen molar-refractivity contribution < 1.29 is 4.74 Å². The number of ether oxygens (including phenoxy) is 1. The number of hydrogen-bond acceptors (Lipinski definition) is 5. The van der Waals surface area contributed by atoms with E-state index in [2.05, 4.69) is 33.9 Å². The third kappa shape index (κ3) is 5.46. The monoisotopic (exact) mass is 480 g/mol. The Balaban J connectivity index is 0.00000225. The standard InChI is InChI=1S/C16H28N6OS.HI/c1-3-17-15(18-11-16(24-2)6-8-23-9-7-16)21-13-4-5-14-19-12-20-22(14)10-13;/h12-13H,3-11H2,1-2H3,(H2,17,18,21);1H. The first kappa shape index (κ1) is 20.8. The number of aryl methyl sites for hydroxylation is 1. The predicted octanol–water partition coefficient (Wildman–Crippen LogP) is 1.68. The van der Waals surface area contributed by atoms with Crippen LogP contribution in [-0.4, -0.2) is 64.1 Å². The number of aliphatic imine (C=N–C) groups is 1. The van der Waals surface area contributed by atoms with Crippen LogP contribution in [0, 0.1) is 0 Å². The number of hydrogen-bond donors (Lipinski definition) is 2. The first-order chi connectivity index (χ1) is 11.7. The fraction of sp³-hybridized carbons (Fsp3) is 0.812. The number of nitrogens with one attached hydrogen (secondary N) is 2. The minimum Gasteiger partial charge on any atom is -0.381 e. The Morgan fingerprint density at radius 1 is 1.48 bits per heavy atom. The maximum Gasteiger partial charge on any atom is 0.191 e. The summed E-state index contributed by atoms with van der Waals surface area (Å²) in [6, 6.07) is 0.344. The van der Waals surface area contributed by atoms with Gasteiger partial charge in [-0.05, 0) is 32.4 Å². The molecule has 1 saturated heterocycles. The third-order valence-corrected chi connectivity index (χ3v) is 6.26. The van der Waals surface area contributed by atoms with Crippen molar-refractivity contribution in [3.63, 3.8) is 0 Å². The topological polar surface area (TPSA) is 76.4 Å². The molecule has 0 radical (unpaired) electrons. The molecule has 1 unspecified atom stereocenters. The Morgan fingerprint density at radius 2 is 2.28 bits per heavy atom. The number of aromatic nitrogens is 3. The number of fused-ring (bicyclic) bond motifs is 1. The molecule has 1 aromatic heterocycles. The second kappa shape index (κ2) is 9.96. The van der Waals surface area contributed by atoms with Gasteiger partial charge in [0.05, 0.1) is 13.1 Å². The van der Waals surface area contributed by atoms with Gasteiger partial charge in [-0.25, -0.2) is 9.67 Å². The maximum atomic E-state index is 5.52. The summed E-state index contributed by atoms with van der Waals surface area (Å²) in [6.07, 6.45) is 8.00. The van der Waals surface area contributed by atoms with Crippen LogP contribution < -0.4 is 10.6 Å². The summed E-state index contributed by atoms with van der Waals surface area (Å²) in [6.45, 7) is 6.33. The van der Waals surface area contributed by atoms with Crippen molar-refractivity contribution in [3.05, 3.63) is 12.2 Å². The van der Waals surface area contributed by atoms with Crippen molar-refractivity contribution >= 4 is 41.7 Å². The van der Waals surface area contributed by atoms with E-state index in [0.29, 0.717) is 6.04 Å². The average molecular weight is 480 g/mol. The molecule has 0 amide bonds. The Bertz CT molecular complexity index is 561. The van der Waals surface area contributed by atoms with Crippen LogP contribution >= 0.6 is 35.7 Å². The van der Waals surface area contributed by atoms with Crippen molar-refractivity contribution in [1.29, 1.82) is 0 Å². The van der Waals surface area contributed by atoms with E-state index in [-0.39, 0.29) is 28.7 Å². The van der Waals surface area contributed by atoms with Crippen molar-refractivity contribution in [3.8, 4) is 0 Å². The number of guanidine groups is 1. The van der Waals surface area contributed by atoms with E-state index in [0.717, 1.165) is 70.3 Å². The molecular weight excluding hydrogens is 451 g/mol. The zero-order chi connectivity index (χ0) is 16.8.